The van der Waals surface area contributed by atoms with Gasteiger partial charge in [0, 0.05) is 23.1 Å². The number of anilines is 1. The van der Waals surface area contributed by atoms with E-state index in [1.165, 1.54) is 29.5 Å². The summed E-state index contributed by atoms with van der Waals surface area (Å²) in [5, 5.41) is 16.0. The third-order valence-corrected chi connectivity index (χ3v) is 6.61. The van der Waals surface area contributed by atoms with Crippen molar-refractivity contribution in [2.24, 2.45) is 0 Å². The van der Waals surface area contributed by atoms with E-state index in [0.717, 1.165) is 27.6 Å². The van der Waals surface area contributed by atoms with Gasteiger partial charge in [0.25, 0.3) is 11.2 Å². The van der Waals surface area contributed by atoms with Crippen LogP contribution in [0.2, 0.25) is 5.02 Å². The maximum Gasteiger partial charge on any atom is 0.282 e. The number of halogens is 1. The Morgan fingerprint density at radius 3 is 2.75 bits per heavy atom. The Bertz CT molecular complexity index is 1400. The van der Waals surface area contributed by atoms with Crippen molar-refractivity contribution in [1.82, 2.24) is 9.66 Å². The predicted molar refractivity (Wildman–Crippen MR) is 127 cm³/mol. The van der Waals surface area contributed by atoms with E-state index in [-0.39, 0.29) is 27.3 Å². The lowest BCUT2D eigenvalue weighted by Gasteiger charge is -2.09. The molecule has 9 nitrogen and oxygen atoms in total. The van der Waals surface area contributed by atoms with E-state index in [0.29, 0.717) is 10.2 Å². The third-order valence-electron chi connectivity index (χ3n) is 4.46. The predicted octanol–water partition coefficient (Wildman–Crippen LogP) is 4.13. The Balaban J connectivity index is 1.55. The van der Waals surface area contributed by atoms with Gasteiger partial charge in [-0.3, -0.25) is 19.7 Å². The SMILES string of the molecule is Nn1c(SCC(=O)Nc2cc([N+](=O)[O-])ccc2Cl)nc2scc(-c3ccccc3)c2c1=O. The minimum absolute atomic E-state index is 0.116. The first kappa shape index (κ1) is 21.8. The van der Waals surface area contributed by atoms with Gasteiger partial charge >= 0.3 is 0 Å². The van der Waals surface area contributed by atoms with Gasteiger partial charge in [-0.15, -0.1) is 11.3 Å². The van der Waals surface area contributed by atoms with Crippen LogP contribution in [0.3, 0.4) is 0 Å². The van der Waals surface area contributed by atoms with Gasteiger partial charge in [0.1, 0.15) is 4.83 Å². The van der Waals surface area contributed by atoms with Crippen LogP contribution >= 0.6 is 34.7 Å². The van der Waals surface area contributed by atoms with E-state index in [1.807, 2.05) is 35.7 Å². The van der Waals surface area contributed by atoms with E-state index >= 15 is 0 Å². The van der Waals surface area contributed by atoms with E-state index in [4.69, 9.17) is 17.4 Å². The number of nitrogens with zero attached hydrogens (tertiary/aromatic N) is 3. The largest absolute Gasteiger partial charge is 0.334 e. The van der Waals surface area contributed by atoms with E-state index in [9.17, 15) is 19.7 Å². The minimum Gasteiger partial charge on any atom is -0.334 e. The summed E-state index contributed by atoms with van der Waals surface area (Å²) in [7, 11) is 0. The molecule has 0 bridgehead atoms. The van der Waals surface area contributed by atoms with Crippen molar-refractivity contribution < 1.29 is 9.72 Å². The normalized spacial score (nSPS) is 10.9. The highest BCUT2D eigenvalue weighted by molar-refractivity contribution is 7.99. The molecule has 4 rings (SSSR count). The second-order valence-corrected chi connectivity index (χ2v) is 8.73. The van der Waals surface area contributed by atoms with Gasteiger partial charge in [-0.25, -0.2) is 9.66 Å². The zero-order valence-corrected chi connectivity index (χ0v) is 18.5. The molecule has 0 aliphatic heterocycles. The number of nitro benzene ring substituents is 1. The Kier molecular flexibility index (Phi) is 6.12. The van der Waals surface area contributed by atoms with Crippen molar-refractivity contribution in [2.45, 2.75) is 5.16 Å². The zero-order valence-electron chi connectivity index (χ0n) is 16.1. The molecule has 12 heteroatoms. The monoisotopic (exact) mass is 487 g/mol. The molecule has 32 heavy (non-hydrogen) atoms. The fourth-order valence-electron chi connectivity index (χ4n) is 2.96. The minimum atomic E-state index is -0.586. The maximum atomic E-state index is 12.9. The second-order valence-electron chi connectivity index (χ2n) is 6.52. The number of nitrogen functional groups attached to an aromatic ring is 1. The number of nitrogens with two attached hydrogens (primary N) is 1. The van der Waals surface area contributed by atoms with Crippen LogP contribution in [-0.4, -0.2) is 26.2 Å². The highest BCUT2D eigenvalue weighted by atomic mass is 35.5. The van der Waals surface area contributed by atoms with Crippen molar-refractivity contribution in [3.05, 3.63) is 79.4 Å². The summed E-state index contributed by atoms with van der Waals surface area (Å²) in [5.41, 5.74) is 1.13. The van der Waals surface area contributed by atoms with Gasteiger partial charge < -0.3 is 11.2 Å². The van der Waals surface area contributed by atoms with Gasteiger partial charge in [-0.2, -0.15) is 0 Å². The average molecular weight is 488 g/mol. The zero-order chi connectivity index (χ0) is 22.8. The van der Waals surface area contributed by atoms with Gasteiger partial charge in [-0.1, -0.05) is 53.7 Å². The van der Waals surface area contributed by atoms with Crippen LogP contribution in [0.4, 0.5) is 11.4 Å². The van der Waals surface area contributed by atoms with Crippen LogP contribution in [0.1, 0.15) is 0 Å². The Morgan fingerprint density at radius 1 is 1.28 bits per heavy atom. The summed E-state index contributed by atoms with van der Waals surface area (Å²) in [6.45, 7) is 0. The molecule has 162 valence electrons. The molecule has 0 fully saturated rings. The Morgan fingerprint density at radius 2 is 2.03 bits per heavy atom. The number of aromatic nitrogens is 2. The first-order chi connectivity index (χ1) is 15.3. The maximum absolute atomic E-state index is 12.9. The molecular formula is C20H14ClN5O4S2. The standard InChI is InChI=1S/C20H14ClN5O4S2/c21-14-7-6-12(26(29)30)8-15(14)23-16(27)10-32-20-24-18-17(19(28)25(20)22)13(9-31-18)11-4-2-1-3-5-11/h1-9H,10,22H2,(H,23,27). The molecule has 0 aliphatic rings. The number of hydrogen-bond acceptors (Lipinski definition) is 8. The van der Waals surface area contributed by atoms with Crippen LogP contribution in [0, 0.1) is 10.1 Å². The molecule has 0 atom stereocenters. The highest BCUT2D eigenvalue weighted by Crippen LogP contribution is 2.32. The first-order valence-electron chi connectivity index (χ1n) is 9.06. The van der Waals surface area contributed by atoms with Gasteiger partial charge in [0.2, 0.25) is 5.91 Å². The summed E-state index contributed by atoms with van der Waals surface area (Å²) in [6.07, 6.45) is 0. The van der Waals surface area contributed by atoms with Gasteiger partial charge in [-0.05, 0) is 11.6 Å². The Hall–Kier alpha value is -3.41. The summed E-state index contributed by atoms with van der Waals surface area (Å²) in [5.74, 6) is 5.35. The molecule has 2 heterocycles. The van der Waals surface area contributed by atoms with E-state index in [1.54, 1.807) is 0 Å². The number of carbonyl (C=O) groups is 1. The topological polar surface area (TPSA) is 133 Å². The van der Waals surface area contributed by atoms with Gasteiger partial charge in [0.15, 0.2) is 5.16 Å². The third kappa shape index (κ3) is 4.31. The molecule has 0 spiro atoms. The summed E-state index contributed by atoms with van der Waals surface area (Å²) in [6, 6.07) is 13.2. The number of carbonyl (C=O) groups excluding carboxylic acids is 1. The molecular weight excluding hydrogens is 474 g/mol. The fourth-order valence-corrected chi connectivity index (χ4v) is 4.83. The number of nitro groups is 1. The van der Waals surface area contributed by atoms with E-state index in [2.05, 4.69) is 10.3 Å². The number of thiophene rings is 1. The number of fused-ring (bicyclic) bond motifs is 1. The lowest BCUT2D eigenvalue weighted by molar-refractivity contribution is -0.384. The second kappa shape index (κ2) is 8.99. The summed E-state index contributed by atoms with van der Waals surface area (Å²) < 4.78 is 0.916. The van der Waals surface area contributed by atoms with Crippen LogP contribution in [0.25, 0.3) is 21.3 Å². The molecule has 1 amide bonds. The molecule has 2 aromatic heterocycles. The smallest absolute Gasteiger partial charge is 0.282 e. The van der Waals surface area contributed by atoms with Crippen molar-refractivity contribution >= 4 is 62.2 Å². The van der Waals surface area contributed by atoms with Crippen LogP contribution < -0.4 is 16.7 Å². The lowest BCUT2D eigenvalue weighted by Crippen LogP contribution is -2.30. The van der Waals surface area contributed by atoms with Crippen LogP contribution in [-0.2, 0) is 4.79 Å². The number of non-ortho nitro benzene ring substituents is 1. The molecule has 0 radical (unpaired) electrons. The molecule has 4 aromatic rings. The van der Waals surface area contributed by atoms with E-state index < -0.39 is 16.4 Å². The summed E-state index contributed by atoms with van der Waals surface area (Å²) >= 11 is 8.29. The summed E-state index contributed by atoms with van der Waals surface area (Å²) in [4.78, 5) is 40.5. The number of amides is 1. The number of nitrogens with one attached hydrogen (secondary N) is 1. The average Bonchev–Trinajstić information content (AvgIpc) is 3.21. The number of thioether (sulfide) groups is 1. The molecule has 0 unspecified atom stereocenters. The van der Waals surface area contributed by atoms with Crippen LogP contribution in [0.5, 0.6) is 0 Å². The molecule has 0 aliphatic carbocycles. The molecule has 0 saturated heterocycles. The highest BCUT2D eigenvalue weighted by Gasteiger charge is 2.18. The molecule has 3 N–H and O–H groups in total. The fraction of sp³-hybridized carbons (Fsp3) is 0.0500. The van der Waals surface area contributed by atoms with Gasteiger partial charge in [0.05, 0.1) is 26.8 Å². The van der Waals surface area contributed by atoms with Crippen LogP contribution in [0.15, 0.2) is 63.9 Å². The Labute approximate surface area is 194 Å². The number of rotatable bonds is 6. The van der Waals surface area contributed by atoms with Crippen molar-refractivity contribution in [2.75, 3.05) is 16.9 Å². The quantitative estimate of drug-likeness (QED) is 0.137. The van der Waals surface area contributed by atoms with Crippen molar-refractivity contribution in [3.8, 4) is 11.1 Å². The number of benzene rings is 2. The molecule has 2 aromatic carbocycles. The molecule has 0 saturated carbocycles. The first-order valence-corrected chi connectivity index (χ1v) is 11.3. The lowest BCUT2D eigenvalue weighted by atomic mass is 10.1. The number of hydrogen-bond donors (Lipinski definition) is 2. The van der Waals surface area contributed by atoms with Crippen molar-refractivity contribution in [3.63, 3.8) is 0 Å². The van der Waals surface area contributed by atoms with Crippen molar-refractivity contribution in [1.29, 1.82) is 0 Å².